The van der Waals surface area contributed by atoms with Gasteiger partial charge in [-0.1, -0.05) is 0 Å². The molecule has 166 valence electrons. The van der Waals surface area contributed by atoms with Crippen molar-refractivity contribution < 1.29 is 14.4 Å². The van der Waals surface area contributed by atoms with Gasteiger partial charge in [-0.05, 0) is 74.7 Å². The highest BCUT2D eigenvalue weighted by Crippen LogP contribution is 2.22. The Labute approximate surface area is 185 Å². The smallest absolute Gasteiger partial charge is 0.282 e. The normalized spacial score (nSPS) is 18.5. The van der Waals surface area contributed by atoms with E-state index < -0.39 is 0 Å². The second-order valence-corrected chi connectivity index (χ2v) is 8.65. The van der Waals surface area contributed by atoms with Gasteiger partial charge in [-0.3, -0.25) is 4.79 Å². The maximum atomic E-state index is 12.9. The zero-order valence-electron chi connectivity index (χ0n) is 18.8. The molecule has 2 saturated heterocycles. The molecule has 2 aromatic carbocycles. The van der Waals surface area contributed by atoms with Crippen molar-refractivity contribution in [3.05, 3.63) is 48.5 Å². The van der Waals surface area contributed by atoms with Crippen molar-refractivity contribution in [3.63, 3.8) is 0 Å². The molecule has 2 aliphatic rings. The van der Waals surface area contributed by atoms with Crippen molar-refractivity contribution >= 4 is 23.0 Å². The molecule has 2 aliphatic heterocycles. The van der Waals surface area contributed by atoms with E-state index in [-0.39, 0.29) is 11.9 Å². The van der Waals surface area contributed by atoms with Crippen molar-refractivity contribution in [2.45, 2.75) is 32.2 Å². The Kier molecular flexibility index (Phi) is 6.97. The summed E-state index contributed by atoms with van der Waals surface area (Å²) in [6.45, 7) is 8.11. The summed E-state index contributed by atoms with van der Waals surface area (Å²) in [6, 6.07) is 16.5. The van der Waals surface area contributed by atoms with Gasteiger partial charge in [0, 0.05) is 30.2 Å². The molecule has 1 amide bonds. The summed E-state index contributed by atoms with van der Waals surface area (Å²) in [5.74, 6) is 0.973. The van der Waals surface area contributed by atoms with Crippen LogP contribution in [0, 0.1) is 0 Å². The summed E-state index contributed by atoms with van der Waals surface area (Å²) in [4.78, 5) is 19.0. The molecule has 0 bridgehead atoms. The number of carbonyl (C=O) groups excluding carboxylic acids is 1. The van der Waals surface area contributed by atoms with Gasteiger partial charge in [-0.25, -0.2) is 0 Å². The van der Waals surface area contributed by atoms with Gasteiger partial charge in [-0.15, -0.1) is 0 Å². The van der Waals surface area contributed by atoms with Crippen LogP contribution in [0.5, 0.6) is 5.75 Å². The molecule has 4 rings (SSSR count). The third-order valence-electron chi connectivity index (χ3n) is 6.70. The molecular weight excluding hydrogens is 388 g/mol. The van der Waals surface area contributed by atoms with Crippen molar-refractivity contribution in [1.29, 1.82) is 0 Å². The Balaban J connectivity index is 1.27. The van der Waals surface area contributed by atoms with Gasteiger partial charge >= 0.3 is 0 Å². The molecule has 0 spiro atoms. The van der Waals surface area contributed by atoms with Crippen LogP contribution in [0.1, 0.15) is 26.2 Å². The van der Waals surface area contributed by atoms with Gasteiger partial charge in [0.1, 0.15) is 5.75 Å². The fourth-order valence-electron chi connectivity index (χ4n) is 4.62. The number of piperazine rings is 1. The molecule has 0 radical (unpaired) electrons. The average molecular weight is 424 g/mol. The minimum atomic E-state index is -0.0696. The first-order chi connectivity index (χ1) is 15.1. The summed E-state index contributed by atoms with van der Waals surface area (Å²) in [7, 11) is 1.69. The maximum absolute atomic E-state index is 12.9. The Morgan fingerprint density at radius 2 is 1.42 bits per heavy atom. The lowest BCUT2D eigenvalue weighted by molar-refractivity contribution is -0.914. The molecule has 1 atom stereocenters. The molecule has 2 aromatic rings. The van der Waals surface area contributed by atoms with E-state index in [1.807, 2.05) is 31.2 Å². The van der Waals surface area contributed by atoms with Crippen LogP contribution >= 0.6 is 0 Å². The van der Waals surface area contributed by atoms with E-state index in [4.69, 9.17) is 4.74 Å². The van der Waals surface area contributed by atoms with Crippen LogP contribution in [0.2, 0.25) is 0 Å². The molecule has 0 aliphatic carbocycles. The van der Waals surface area contributed by atoms with Crippen molar-refractivity contribution in [3.8, 4) is 5.75 Å². The highest BCUT2D eigenvalue weighted by atomic mass is 16.5. The monoisotopic (exact) mass is 423 g/mol. The first kappa shape index (κ1) is 21.5. The summed E-state index contributed by atoms with van der Waals surface area (Å²) in [5, 5.41) is 3.12. The van der Waals surface area contributed by atoms with E-state index in [1.165, 1.54) is 35.5 Å². The molecule has 0 saturated carbocycles. The van der Waals surface area contributed by atoms with Gasteiger partial charge in [0.05, 0.1) is 33.3 Å². The minimum Gasteiger partial charge on any atom is -0.497 e. The van der Waals surface area contributed by atoms with Gasteiger partial charge in [-0.2, -0.15) is 0 Å². The Morgan fingerprint density at radius 1 is 0.871 bits per heavy atom. The summed E-state index contributed by atoms with van der Waals surface area (Å²) < 4.78 is 5.25. The molecular formula is C25H35N4O2+. The number of rotatable bonds is 6. The topological polar surface area (TPSA) is 49.3 Å². The Hall–Kier alpha value is -2.73. The molecule has 31 heavy (non-hydrogen) atoms. The molecule has 2 fully saturated rings. The molecule has 2 N–H and O–H groups in total. The predicted molar refractivity (Wildman–Crippen MR) is 127 cm³/mol. The van der Waals surface area contributed by atoms with E-state index in [9.17, 15) is 4.79 Å². The van der Waals surface area contributed by atoms with Crippen LogP contribution < -0.4 is 24.8 Å². The van der Waals surface area contributed by atoms with Crippen LogP contribution in [-0.4, -0.2) is 58.3 Å². The molecule has 6 nitrogen and oxygen atoms in total. The second-order valence-electron chi connectivity index (χ2n) is 8.65. The number of piperidine rings is 1. The number of ether oxygens (including phenoxy) is 1. The van der Waals surface area contributed by atoms with Gasteiger partial charge in [0.25, 0.3) is 5.91 Å². The number of quaternary nitrogens is 1. The van der Waals surface area contributed by atoms with Gasteiger partial charge in [0.2, 0.25) is 0 Å². The summed E-state index contributed by atoms with van der Waals surface area (Å²) >= 11 is 0. The van der Waals surface area contributed by atoms with E-state index in [1.54, 1.807) is 7.11 Å². The summed E-state index contributed by atoms with van der Waals surface area (Å²) in [6.07, 6.45) is 3.87. The number of nitrogens with one attached hydrogen (secondary N) is 2. The maximum Gasteiger partial charge on any atom is 0.282 e. The fraction of sp³-hybridized carbons (Fsp3) is 0.480. The SMILES string of the molecule is COc1ccc(N2CC[NH+]([C@@H](C)C(=O)Nc3ccc(N4CCCCC4)cc3)CC2)cc1. The lowest BCUT2D eigenvalue weighted by Crippen LogP contribution is -3.19. The largest absolute Gasteiger partial charge is 0.497 e. The quantitative estimate of drug-likeness (QED) is 0.749. The van der Waals surface area contributed by atoms with Gasteiger partial charge in [0.15, 0.2) is 6.04 Å². The standard InChI is InChI=1S/C25H34N4O2/c1-20(27-16-18-29(19-17-27)23-10-12-24(31-2)13-11-23)25(30)26-21-6-8-22(9-7-21)28-14-4-3-5-15-28/h6-13,20H,3-5,14-19H2,1-2H3,(H,26,30)/p+1/t20-/m0/s1. The van der Waals surface area contributed by atoms with Crippen LogP contribution in [0.15, 0.2) is 48.5 Å². The first-order valence-electron chi connectivity index (χ1n) is 11.5. The lowest BCUT2D eigenvalue weighted by atomic mass is 10.1. The van der Waals surface area contributed by atoms with Crippen LogP contribution in [0.3, 0.4) is 0 Å². The molecule has 2 heterocycles. The van der Waals surface area contributed by atoms with E-state index in [0.717, 1.165) is 50.7 Å². The zero-order chi connectivity index (χ0) is 21.6. The van der Waals surface area contributed by atoms with Crippen molar-refractivity contribution in [2.75, 3.05) is 61.5 Å². The first-order valence-corrected chi connectivity index (χ1v) is 11.5. The third kappa shape index (κ3) is 5.31. The highest BCUT2D eigenvalue weighted by molar-refractivity contribution is 5.93. The molecule has 0 aromatic heterocycles. The highest BCUT2D eigenvalue weighted by Gasteiger charge is 2.29. The third-order valence-corrected chi connectivity index (χ3v) is 6.70. The second kappa shape index (κ2) is 10.1. The van der Waals surface area contributed by atoms with Crippen LogP contribution in [0.4, 0.5) is 17.1 Å². The average Bonchev–Trinajstić information content (AvgIpc) is 2.85. The van der Waals surface area contributed by atoms with Crippen LogP contribution in [-0.2, 0) is 4.79 Å². The zero-order valence-corrected chi connectivity index (χ0v) is 18.8. The number of carbonyl (C=O) groups is 1. The molecule has 0 unspecified atom stereocenters. The van der Waals surface area contributed by atoms with E-state index in [2.05, 4.69) is 39.4 Å². The minimum absolute atomic E-state index is 0.0696. The molecule has 6 heteroatoms. The number of hydrogen-bond acceptors (Lipinski definition) is 4. The van der Waals surface area contributed by atoms with Crippen molar-refractivity contribution in [2.24, 2.45) is 0 Å². The Bertz CT molecular complexity index is 839. The number of hydrogen-bond donors (Lipinski definition) is 2. The number of nitrogens with zero attached hydrogens (tertiary/aromatic N) is 2. The van der Waals surface area contributed by atoms with Crippen LogP contribution in [0.25, 0.3) is 0 Å². The van der Waals surface area contributed by atoms with Crippen molar-refractivity contribution in [1.82, 2.24) is 0 Å². The lowest BCUT2D eigenvalue weighted by Gasteiger charge is -2.36. The summed E-state index contributed by atoms with van der Waals surface area (Å²) in [5.41, 5.74) is 3.35. The number of amides is 1. The Morgan fingerprint density at radius 3 is 2.00 bits per heavy atom. The van der Waals surface area contributed by atoms with E-state index >= 15 is 0 Å². The fourth-order valence-corrected chi connectivity index (χ4v) is 4.62. The number of methoxy groups -OCH3 is 1. The van der Waals surface area contributed by atoms with E-state index in [0.29, 0.717) is 0 Å². The van der Waals surface area contributed by atoms with Gasteiger partial charge < -0.3 is 24.8 Å². The predicted octanol–water partition coefficient (Wildman–Crippen LogP) is 2.42. The number of anilines is 3. The number of benzene rings is 2.